The first-order valence-corrected chi connectivity index (χ1v) is 8.88. The number of hydrogen-bond donors (Lipinski definition) is 0. The third-order valence-corrected chi connectivity index (χ3v) is 5.88. The van der Waals surface area contributed by atoms with Crippen LogP contribution in [0.25, 0.3) is 20.9 Å². The van der Waals surface area contributed by atoms with Crippen molar-refractivity contribution in [1.29, 1.82) is 0 Å². The lowest BCUT2D eigenvalue weighted by atomic mass is 10.3. The number of aromatic nitrogens is 3. The zero-order valence-electron chi connectivity index (χ0n) is 11.6. The minimum atomic E-state index is -3.34. The molecule has 0 unspecified atom stereocenters. The molecular weight excluding hydrogens is 306 g/mol. The van der Waals surface area contributed by atoms with Gasteiger partial charge < -0.3 is 0 Å². The second-order valence-electron chi connectivity index (χ2n) is 4.63. The van der Waals surface area contributed by atoms with Gasteiger partial charge in [0.05, 0.1) is 10.6 Å². The highest BCUT2D eigenvalue weighted by atomic mass is 32.2. The summed E-state index contributed by atoms with van der Waals surface area (Å²) in [4.78, 5) is 13.8. The van der Waals surface area contributed by atoms with Crippen molar-refractivity contribution in [3.8, 4) is 10.6 Å². The Balaban J connectivity index is 2.24. The van der Waals surface area contributed by atoms with Crippen LogP contribution >= 0.6 is 11.3 Å². The number of fused-ring (bicyclic) bond motifs is 1. The Bertz CT molecular complexity index is 917. The molecular formula is C14H13N3O2S2. The molecule has 3 aromatic heterocycles. The van der Waals surface area contributed by atoms with E-state index in [1.807, 2.05) is 13.0 Å². The highest BCUT2D eigenvalue weighted by Crippen LogP contribution is 2.33. The highest BCUT2D eigenvalue weighted by Gasteiger charge is 2.20. The minimum Gasteiger partial charge on any atom is -0.263 e. The van der Waals surface area contributed by atoms with Crippen molar-refractivity contribution in [3.05, 3.63) is 36.3 Å². The Hall–Kier alpha value is -1.86. The third-order valence-electron chi connectivity index (χ3n) is 3.11. The zero-order valence-corrected chi connectivity index (χ0v) is 13.2. The molecule has 0 aliphatic rings. The molecule has 0 aliphatic carbocycles. The highest BCUT2D eigenvalue weighted by molar-refractivity contribution is 7.91. The molecule has 108 valence electrons. The van der Waals surface area contributed by atoms with Crippen LogP contribution in [0.2, 0.25) is 0 Å². The number of sulfone groups is 1. The third kappa shape index (κ3) is 2.54. The molecule has 0 atom stereocenters. The van der Waals surface area contributed by atoms with Crippen molar-refractivity contribution in [3.63, 3.8) is 0 Å². The van der Waals surface area contributed by atoms with E-state index in [9.17, 15) is 8.42 Å². The molecule has 0 saturated carbocycles. The van der Waals surface area contributed by atoms with Gasteiger partial charge in [-0.2, -0.15) is 0 Å². The molecule has 3 heterocycles. The zero-order chi connectivity index (χ0) is 15.0. The van der Waals surface area contributed by atoms with Gasteiger partial charge in [0.15, 0.2) is 9.84 Å². The minimum absolute atomic E-state index is 0.0357. The molecule has 3 aromatic rings. The SMILES string of the molecule is CCS(=O)(=O)c1cnccc1-c1nc2cc(C)cnc2s1. The van der Waals surface area contributed by atoms with Gasteiger partial charge in [-0.15, -0.1) is 0 Å². The maximum atomic E-state index is 12.2. The first-order chi connectivity index (χ1) is 10.0. The predicted octanol–water partition coefficient (Wildman–Crippen LogP) is 2.86. The summed E-state index contributed by atoms with van der Waals surface area (Å²) in [5.41, 5.74) is 2.40. The lowest BCUT2D eigenvalue weighted by Gasteiger charge is -2.05. The monoisotopic (exact) mass is 319 g/mol. The van der Waals surface area contributed by atoms with Crippen LogP contribution in [0.3, 0.4) is 0 Å². The lowest BCUT2D eigenvalue weighted by molar-refractivity contribution is 0.597. The van der Waals surface area contributed by atoms with Crippen LogP contribution in [0.5, 0.6) is 0 Å². The molecule has 0 bridgehead atoms. The Labute approximate surface area is 126 Å². The van der Waals surface area contributed by atoms with Crippen LogP contribution < -0.4 is 0 Å². The Morgan fingerprint density at radius 3 is 2.86 bits per heavy atom. The second kappa shape index (κ2) is 5.16. The van der Waals surface area contributed by atoms with E-state index < -0.39 is 9.84 Å². The fraction of sp³-hybridized carbons (Fsp3) is 0.214. The van der Waals surface area contributed by atoms with Gasteiger partial charge in [0, 0.05) is 24.2 Å². The van der Waals surface area contributed by atoms with Crippen molar-refractivity contribution < 1.29 is 8.42 Å². The molecule has 0 aromatic carbocycles. The molecule has 0 spiro atoms. The van der Waals surface area contributed by atoms with Gasteiger partial charge >= 0.3 is 0 Å². The number of nitrogens with zero attached hydrogens (tertiary/aromatic N) is 3. The van der Waals surface area contributed by atoms with Crippen molar-refractivity contribution in [2.45, 2.75) is 18.7 Å². The van der Waals surface area contributed by atoms with E-state index in [0.717, 1.165) is 15.9 Å². The number of pyridine rings is 2. The van der Waals surface area contributed by atoms with Gasteiger partial charge in [0.1, 0.15) is 15.4 Å². The lowest BCUT2D eigenvalue weighted by Crippen LogP contribution is -2.06. The van der Waals surface area contributed by atoms with Crippen LogP contribution in [-0.4, -0.2) is 29.1 Å². The molecule has 0 amide bonds. The van der Waals surface area contributed by atoms with Gasteiger partial charge in [-0.1, -0.05) is 18.3 Å². The summed E-state index contributed by atoms with van der Waals surface area (Å²) < 4.78 is 24.4. The molecule has 7 heteroatoms. The van der Waals surface area contributed by atoms with Crippen LogP contribution in [0.4, 0.5) is 0 Å². The van der Waals surface area contributed by atoms with E-state index in [1.165, 1.54) is 17.5 Å². The van der Waals surface area contributed by atoms with E-state index in [-0.39, 0.29) is 10.6 Å². The fourth-order valence-corrected chi connectivity index (χ4v) is 4.03. The summed E-state index contributed by atoms with van der Waals surface area (Å²) in [5, 5.41) is 0.650. The van der Waals surface area contributed by atoms with Gasteiger partial charge in [0.25, 0.3) is 0 Å². The van der Waals surface area contributed by atoms with Gasteiger partial charge in [0.2, 0.25) is 0 Å². The molecule has 0 saturated heterocycles. The van der Waals surface area contributed by atoms with E-state index >= 15 is 0 Å². The van der Waals surface area contributed by atoms with Crippen molar-refractivity contribution in [1.82, 2.24) is 15.0 Å². The van der Waals surface area contributed by atoms with Crippen molar-refractivity contribution in [2.24, 2.45) is 0 Å². The summed E-state index contributed by atoms with van der Waals surface area (Å²) in [6.07, 6.45) is 4.74. The van der Waals surface area contributed by atoms with E-state index in [1.54, 1.807) is 25.4 Å². The number of rotatable bonds is 3. The first kappa shape index (κ1) is 14.1. The van der Waals surface area contributed by atoms with Gasteiger partial charge in [-0.25, -0.2) is 18.4 Å². The molecule has 5 nitrogen and oxygen atoms in total. The summed E-state index contributed by atoms with van der Waals surface area (Å²) in [7, 11) is -3.34. The molecule has 0 radical (unpaired) electrons. The van der Waals surface area contributed by atoms with Crippen LogP contribution in [0, 0.1) is 6.92 Å². The van der Waals surface area contributed by atoms with Crippen molar-refractivity contribution in [2.75, 3.05) is 5.75 Å². The smallest absolute Gasteiger partial charge is 0.180 e. The summed E-state index contributed by atoms with van der Waals surface area (Å²) in [6.45, 7) is 3.57. The predicted molar refractivity (Wildman–Crippen MR) is 83.1 cm³/mol. The van der Waals surface area contributed by atoms with E-state index in [2.05, 4.69) is 15.0 Å². The number of hydrogen-bond acceptors (Lipinski definition) is 6. The maximum Gasteiger partial charge on any atom is 0.180 e. The Morgan fingerprint density at radius 2 is 2.10 bits per heavy atom. The van der Waals surface area contributed by atoms with Crippen LogP contribution in [-0.2, 0) is 9.84 Å². The van der Waals surface area contributed by atoms with Crippen molar-refractivity contribution >= 4 is 31.5 Å². The fourth-order valence-electron chi connectivity index (χ4n) is 2.00. The van der Waals surface area contributed by atoms with Crippen LogP contribution in [0.15, 0.2) is 35.6 Å². The quantitative estimate of drug-likeness (QED) is 0.742. The maximum absolute atomic E-state index is 12.2. The topological polar surface area (TPSA) is 72.8 Å². The van der Waals surface area contributed by atoms with Gasteiger partial charge in [-0.05, 0) is 24.6 Å². The number of aryl methyl sites for hydroxylation is 1. The average Bonchev–Trinajstić information content (AvgIpc) is 2.90. The van der Waals surface area contributed by atoms with E-state index in [0.29, 0.717) is 10.6 Å². The standard InChI is InChI=1S/C14H13N3O2S2/c1-3-21(18,19)12-8-15-5-4-10(12)13-17-11-6-9(2)7-16-14(11)20-13/h4-8H,3H2,1-2H3. The summed E-state index contributed by atoms with van der Waals surface area (Å²) in [6, 6.07) is 3.63. The largest absolute Gasteiger partial charge is 0.263 e. The molecule has 21 heavy (non-hydrogen) atoms. The second-order valence-corrected chi connectivity index (χ2v) is 7.86. The summed E-state index contributed by atoms with van der Waals surface area (Å²) in [5.74, 6) is 0.0357. The average molecular weight is 319 g/mol. The first-order valence-electron chi connectivity index (χ1n) is 6.41. The van der Waals surface area contributed by atoms with Gasteiger partial charge in [-0.3, -0.25) is 4.98 Å². The normalized spacial score (nSPS) is 11.9. The summed E-state index contributed by atoms with van der Waals surface area (Å²) >= 11 is 1.39. The molecule has 0 aliphatic heterocycles. The Morgan fingerprint density at radius 1 is 1.29 bits per heavy atom. The number of thiazole rings is 1. The van der Waals surface area contributed by atoms with E-state index in [4.69, 9.17) is 0 Å². The van der Waals surface area contributed by atoms with Crippen LogP contribution in [0.1, 0.15) is 12.5 Å². The molecule has 0 fully saturated rings. The molecule has 0 N–H and O–H groups in total. The molecule has 3 rings (SSSR count). The Kier molecular flexibility index (Phi) is 3.46.